The minimum Gasteiger partial charge on any atom is -0.326 e. The van der Waals surface area contributed by atoms with Gasteiger partial charge in [0.15, 0.2) is 0 Å². The molecule has 1 N–H and O–H groups in total. The highest BCUT2D eigenvalue weighted by molar-refractivity contribution is 5.76. The van der Waals surface area contributed by atoms with Gasteiger partial charge in [-0.25, -0.2) is 4.98 Å². The molecule has 22 heavy (non-hydrogen) atoms. The smallest absolute Gasteiger partial charge is 0.127 e. The summed E-state index contributed by atoms with van der Waals surface area (Å²) in [5.41, 5.74) is 2.16. The minimum atomic E-state index is 0.269. The van der Waals surface area contributed by atoms with E-state index >= 15 is 0 Å². The molecule has 0 bridgehead atoms. The van der Waals surface area contributed by atoms with E-state index in [4.69, 9.17) is 10.2 Å². The highest BCUT2D eigenvalue weighted by Gasteiger charge is 2.22. The summed E-state index contributed by atoms with van der Waals surface area (Å²) < 4.78 is 2.22. The summed E-state index contributed by atoms with van der Waals surface area (Å²) in [6.07, 6.45) is 1.68. The second-order valence-electron chi connectivity index (χ2n) is 5.83. The van der Waals surface area contributed by atoms with Crippen molar-refractivity contribution in [3.05, 3.63) is 30.1 Å². The molecule has 116 valence electrons. The molecule has 1 fully saturated rings. The van der Waals surface area contributed by atoms with Gasteiger partial charge >= 0.3 is 0 Å². The van der Waals surface area contributed by atoms with Crippen molar-refractivity contribution in [1.82, 2.24) is 19.8 Å². The van der Waals surface area contributed by atoms with Gasteiger partial charge in [0.05, 0.1) is 29.6 Å². The minimum absolute atomic E-state index is 0.269. The van der Waals surface area contributed by atoms with Gasteiger partial charge in [0, 0.05) is 26.2 Å². The van der Waals surface area contributed by atoms with Crippen LogP contribution in [0.15, 0.2) is 24.3 Å². The lowest BCUT2D eigenvalue weighted by Crippen LogP contribution is -2.32. The Morgan fingerprint density at radius 2 is 2.18 bits per heavy atom. The molecule has 1 unspecified atom stereocenters. The van der Waals surface area contributed by atoms with Gasteiger partial charge in [0.1, 0.15) is 5.82 Å². The number of nitrogens with one attached hydrogen (secondary N) is 1. The van der Waals surface area contributed by atoms with Crippen molar-refractivity contribution >= 4 is 11.0 Å². The van der Waals surface area contributed by atoms with Crippen LogP contribution in [0.5, 0.6) is 0 Å². The largest absolute Gasteiger partial charge is 0.326 e. The number of fused-ring (bicyclic) bond motifs is 1. The van der Waals surface area contributed by atoms with Crippen molar-refractivity contribution in [2.24, 2.45) is 0 Å². The number of aromatic nitrogens is 2. The molecule has 1 saturated heterocycles. The van der Waals surface area contributed by atoms with Gasteiger partial charge in [-0.3, -0.25) is 4.90 Å². The van der Waals surface area contributed by atoms with Crippen LogP contribution in [0, 0.1) is 11.3 Å². The molecule has 1 aliphatic heterocycles. The summed E-state index contributed by atoms with van der Waals surface area (Å²) in [6.45, 7) is 7.20. The number of hydrogen-bond donors (Lipinski definition) is 1. The second-order valence-corrected chi connectivity index (χ2v) is 5.83. The van der Waals surface area contributed by atoms with E-state index in [1.54, 1.807) is 0 Å². The van der Waals surface area contributed by atoms with Crippen LogP contribution in [0.4, 0.5) is 0 Å². The third-order valence-electron chi connectivity index (χ3n) is 4.43. The summed E-state index contributed by atoms with van der Waals surface area (Å²) in [4.78, 5) is 7.35. The standard InChI is InChI=1S/C17H23N5/c1-14(21-11-5-9-19-10-13-21)17-20-15-6-2-3-7-16(15)22(17)12-4-8-18/h2-3,6-7,14,19H,4-5,9-13H2,1H3. The van der Waals surface area contributed by atoms with Crippen LogP contribution < -0.4 is 5.32 Å². The number of benzene rings is 1. The first-order valence-corrected chi connectivity index (χ1v) is 8.08. The predicted octanol–water partition coefficient (Wildman–Crippen LogP) is 2.31. The average molecular weight is 297 g/mol. The zero-order valence-corrected chi connectivity index (χ0v) is 13.1. The first-order chi connectivity index (χ1) is 10.8. The number of aryl methyl sites for hydroxylation is 1. The molecule has 1 aromatic heterocycles. The molecule has 0 spiro atoms. The van der Waals surface area contributed by atoms with E-state index < -0.39 is 0 Å². The van der Waals surface area contributed by atoms with Crippen LogP contribution in [-0.4, -0.2) is 40.6 Å². The van der Waals surface area contributed by atoms with Crippen molar-refractivity contribution in [2.75, 3.05) is 26.2 Å². The maximum absolute atomic E-state index is 8.95. The Balaban J connectivity index is 1.95. The SMILES string of the molecule is CC(c1nc2ccccc2n1CCC#N)N1CCCNCC1. The number of para-hydroxylation sites is 2. The van der Waals surface area contributed by atoms with Crippen molar-refractivity contribution in [3.63, 3.8) is 0 Å². The van der Waals surface area contributed by atoms with Crippen LogP contribution in [0.25, 0.3) is 11.0 Å². The van der Waals surface area contributed by atoms with E-state index in [2.05, 4.69) is 39.9 Å². The number of imidazole rings is 1. The van der Waals surface area contributed by atoms with E-state index in [-0.39, 0.29) is 6.04 Å². The average Bonchev–Trinajstić information content (AvgIpc) is 2.72. The van der Waals surface area contributed by atoms with E-state index in [0.29, 0.717) is 13.0 Å². The fraction of sp³-hybridized carbons (Fsp3) is 0.529. The van der Waals surface area contributed by atoms with E-state index in [1.807, 2.05) is 12.1 Å². The fourth-order valence-electron chi connectivity index (χ4n) is 3.23. The van der Waals surface area contributed by atoms with Crippen LogP contribution in [0.3, 0.4) is 0 Å². The van der Waals surface area contributed by atoms with Gasteiger partial charge in [0.2, 0.25) is 0 Å². The van der Waals surface area contributed by atoms with Gasteiger partial charge in [-0.15, -0.1) is 0 Å². The second kappa shape index (κ2) is 6.91. The van der Waals surface area contributed by atoms with Crippen molar-refractivity contribution < 1.29 is 0 Å². The summed E-state index contributed by atoms with van der Waals surface area (Å²) in [6, 6.07) is 10.7. The molecule has 2 aromatic rings. The van der Waals surface area contributed by atoms with Crippen molar-refractivity contribution in [3.8, 4) is 6.07 Å². The van der Waals surface area contributed by atoms with E-state index in [1.165, 1.54) is 6.42 Å². The molecule has 3 rings (SSSR count). The Morgan fingerprint density at radius 1 is 1.32 bits per heavy atom. The van der Waals surface area contributed by atoms with Gasteiger partial charge in [-0.1, -0.05) is 12.1 Å². The lowest BCUT2D eigenvalue weighted by Gasteiger charge is -2.27. The Hall–Kier alpha value is -1.90. The first-order valence-electron chi connectivity index (χ1n) is 8.08. The molecular formula is C17H23N5. The predicted molar refractivity (Wildman–Crippen MR) is 87.4 cm³/mol. The monoisotopic (exact) mass is 297 g/mol. The summed E-state index contributed by atoms with van der Waals surface area (Å²) in [5.74, 6) is 1.08. The van der Waals surface area contributed by atoms with Gasteiger partial charge in [-0.05, 0) is 32.0 Å². The van der Waals surface area contributed by atoms with Crippen molar-refractivity contribution in [2.45, 2.75) is 32.4 Å². The zero-order chi connectivity index (χ0) is 15.4. The molecule has 5 heteroatoms. The topological polar surface area (TPSA) is 56.9 Å². The molecule has 1 aliphatic rings. The number of nitriles is 1. The van der Waals surface area contributed by atoms with Gasteiger partial charge < -0.3 is 9.88 Å². The van der Waals surface area contributed by atoms with Crippen LogP contribution in [0.1, 0.15) is 31.6 Å². The lowest BCUT2D eigenvalue weighted by molar-refractivity contribution is 0.213. The zero-order valence-electron chi connectivity index (χ0n) is 13.1. The molecule has 0 radical (unpaired) electrons. The lowest BCUT2D eigenvalue weighted by atomic mass is 10.2. The Morgan fingerprint density at radius 3 is 3.05 bits per heavy atom. The third kappa shape index (κ3) is 2.99. The molecule has 1 aromatic carbocycles. The normalized spacial score (nSPS) is 18.0. The third-order valence-corrected chi connectivity index (χ3v) is 4.43. The maximum atomic E-state index is 8.95. The molecular weight excluding hydrogens is 274 g/mol. The highest BCUT2D eigenvalue weighted by atomic mass is 15.2. The Kier molecular flexibility index (Phi) is 4.71. The summed E-state index contributed by atoms with van der Waals surface area (Å²) in [5, 5.41) is 12.4. The molecule has 2 heterocycles. The molecule has 0 aliphatic carbocycles. The van der Waals surface area contributed by atoms with Gasteiger partial charge in [0.25, 0.3) is 0 Å². The van der Waals surface area contributed by atoms with Crippen molar-refractivity contribution in [1.29, 1.82) is 5.26 Å². The molecule has 1 atom stereocenters. The summed E-state index contributed by atoms with van der Waals surface area (Å²) >= 11 is 0. The van der Waals surface area contributed by atoms with Crippen LogP contribution >= 0.6 is 0 Å². The highest BCUT2D eigenvalue weighted by Crippen LogP contribution is 2.25. The first kappa shape index (κ1) is 15.0. The maximum Gasteiger partial charge on any atom is 0.127 e. The number of rotatable bonds is 4. The molecule has 0 saturated carbocycles. The Labute approximate surface area is 131 Å². The Bertz CT molecular complexity index is 661. The number of hydrogen-bond acceptors (Lipinski definition) is 4. The quantitative estimate of drug-likeness (QED) is 0.941. The van der Waals surface area contributed by atoms with Crippen LogP contribution in [-0.2, 0) is 6.54 Å². The number of nitrogens with zero attached hydrogens (tertiary/aromatic N) is 4. The van der Waals surface area contributed by atoms with E-state index in [0.717, 1.165) is 43.0 Å². The molecule has 5 nitrogen and oxygen atoms in total. The van der Waals surface area contributed by atoms with E-state index in [9.17, 15) is 0 Å². The summed E-state index contributed by atoms with van der Waals surface area (Å²) in [7, 11) is 0. The van der Waals surface area contributed by atoms with Gasteiger partial charge in [-0.2, -0.15) is 5.26 Å². The van der Waals surface area contributed by atoms with Crippen LogP contribution in [0.2, 0.25) is 0 Å². The molecule has 0 amide bonds. The fourth-order valence-corrected chi connectivity index (χ4v) is 3.23.